The first-order valence-electron chi connectivity index (χ1n) is 13.3. The number of likely N-dealkylation sites (tertiary alicyclic amines) is 2. The molecule has 4 aliphatic heterocycles. The number of rotatable bonds is 9. The third kappa shape index (κ3) is 5.69. The number of imide groups is 1. The van der Waals surface area contributed by atoms with E-state index in [0.717, 1.165) is 45.4 Å². The Morgan fingerprint density at radius 1 is 1.05 bits per heavy atom. The fourth-order valence-electron chi connectivity index (χ4n) is 5.58. The molecule has 0 bridgehead atoms. The Hall–Kier alpha value is -2.86. The molecule has 1 aromatic carbocycles. The Kier molecular flexibility index (Phi) is 7.84. The van der Waals surface area contributed by atoms with Gasteiger partial charge in [0.2, 0.25) is 17.7 Å². The molecule has 11 nitrogen and oxygen atoms in total. The average molecular weight is 513 g/mol. The van der Waals surface area contributed by atoms with Crippen LogP contribution in [0.25, 0.3) is 0 Å². The van der Waals surface area contributed by atoms with Gasteiger partial charge in [-0.3, -0.25) is 29.4 Å². The highest BCUT2D eigenvalue weighted by molar-refractivity contribution is 6.07. The Labute approximate surface area is 216 Å². The maximum absolute atomic E-state index is 13.1. The van der Waals surface area contributed by atoms with Gasteiger partial charge in [0.05, 0.1) is 19.3 Å². The Morgan fingerprint density at radius 3 is 2.57 bits per heavy atom. The molecule has 0 aromatic heterocycles. The van der Waals surface area contributed by atoms with Gasteiger partial charge in [0.25, 0.3) is 5.91 Å². The average Bonchev–Trinajstić information content (AvgIpc) is 3.19. The molecular formula is C26H36N6O5. The molecule has 4 amide bonds. The zero-order chi connectivity index (χ0) is 25.9. The zero-order valence-corrected chi connectivity index (χ0v) is 21.1. The molecule has 11 heteroatoms. The summed E-state index contributed by atoms with van der Waals surface area (Å²) in [5.74, 6) is -1.12. The number of nitrogens with two attached hydrogens (primary N) is 1. The summed E-state index contributed by atoms with van der Waals surface area (Å²) in [6.07, 6.45) is 3.36. The van der Waals surface area contributed by atoms with Crippen LogP contribution in [0.5, 0.6) is 0 Å². The third-order valence-electron chi connectivity index (χ3n) is 7.98. The van der Waals surface area contributed by atoms with Gasteiger partial charge in [-0.15, -0.1) is 0 Å². The number of nitrogens with one attached hydrogen (secondary N) is 2. The van der Waals surface area contributed by atoms with Crippen molar-refractivity contribution >= 4 is 29.3 Å². The van der Waals surface area contributed by atoms with E-state index in [4.69, 9.17) is 10.5 Å². The number of carbonyl (C=O) groups is 4. The maximum Gasteiger partial charge on any atom is 0.255 e. The van der Waals surface area contributed by atoms with Gasteiger partial charge in [0.1, 0.15) is 6.04 Å². The number of hydrogen-bond donors (Lipinski definition) is 3. The molecule has 4 N–H and O–H groups in total. The number of fused-ring (bicyclic) bond motifs is 1. The molecule has 4 heterocycles. The second-order valence-corrected chi connectivity index (χ2v) is 10.4. The molecule has 5 rings (SSSR count). The number of anilines is 1. The van der Waals surface area contributed by atoms with Gasteiger partial charge >= 0.3 is 0 Å². The van der Waals surface area contributed by atoms with E-state index in [1.165, 1.54) is 4.90 Å². The Balaban J connectivity index is 1.10. The number of nitrogens with zero attached hydrogens (tertiary/aromatic N) is 3. The third-order valence-corrected chi connectivity index (χ3v) is 7.98. The molecule has 200 valence electrons. The van der Waals surface area contributed by atoms with Crippen molar-refractivity contribution in [2.45, 2.75) is 56.8 Å². The lowest BCUT2D eigenvalue weighted by molar-refractivity contribution is -0.137. The first-order valence-corrected chi connectivity index (χ1v) is 13.3. The summed E-state index contributed by atoms with van der Waals surface area (Å²) in [6, 6.07) is 4.65. The van der Waals surface area contributed by atoms with Crippen molar-refractivity contribution in [2.75, 3.05) is 51.3 Å². The van der Waals surface area contributed by atoms with Crippen LogP contribution < -0.4 is 16.4 Å². The van der Waals surface area contributed by atoms with Gasteiger partial charge in [0.15, 0.2) is 0 Å². The van der Waals surface area contributed by atoms with Crippen LogP contribution in [0.15, 0.2) is 18.2 Å². The van der Waals surface area contributed by atoms with E-state index < -0.39 is 11.9 Å². The van der Waals surface area contributed by atoms with E-state index in [9.17, 15) is 19.2 Å². The lowest BCUT2D eigenvalue weighted by Crippen LogP contribution is -2.55. The van der Waals surface area contributed by atoms with E-state index >= 15 is 0 Å². The molecule has 4 aliphatic rings. The van der Waals surface area contributed by atoms with Gasteiger partial charge in [-0.05, 0) is 50.9 Å². The first-order chi connectivity index (χ1) is 17.9. The number of piperidine rings is 2. The van der Waals surface area contributed by atoms with E-state index in [1.54, 1.807) is 18.2 Å². The highest BCUT2D eigenvalue weighted by Crippen LogP contribution is 2.33. The first kappa shape index (κ1) is 25.8. The van der Waals surface area contributed by atoms with E-state index in [2.05, 4.69) is 20.4 Å². The SMILES string of the molecule is NC1CCN(CCOCCN2CCC2C(=O)Nc2cccc3c2CN(C2CCC(=O)NC2=O)C3=O)CC1. The molecule has 0 saturated carbocycles. The van der Waals surface area contributed by atoms with Crippen LogP contribution in [0.4, 0.5) is 5.69 Å². The monoisotopic (exact) mass is 512 g/mol. The van der Waals surface area contributed by atoms with Crippen molar-refractivity contribution in [2.24, 2.45) is 5.73 Å². The van der Waals surface area contributed by atoms with Crippen molar-refractivity contribution in [3.8, 4) is 0 Å². The van der Waals surface area contributed by atoms with Crippen molar-refractivity contribution in [1.82, 2.24) is 20.0 Å². The van der Waals surface area contributed by atoms with Crippen LogP contribution in [0.2, 0.25) is 0 Å². The maximum atomic E-state index is 13.1. The minimum absolute atomic E-state index is 0.101. The molecule has 1 aromatic rings. The Morgan fingerprint density at radius 2 is 1.84 bits per heavy atom. The number of carbonyl (C=O) groups excluding carboxylic acids is 4. The summed E-state index contributed by atoms with van der Waals surface area (Å²) in [5.41, 5.74) is 7.74. The lowest BCUT2D eigenvalue weighted by Gasteiger charge is -2.39. The molecule has 3 fully saturated rings. The summed E-state index contributed by atoms with van der Waals surface area (Å²) < 4.78 is 5.83. The molecule has 3 saturated heterocycles. The largest absolute Gasteiger partial charge is 0.379 e. The van der Waals surface area contributed by atoms with Crippen LogP contribution in [0.3, 0.4) is 0 Å². The van der Waals surface area contributed by atoms with Crippen molar-refractivity contribution in [3.63, 3.8) is 0 Å². The molecule has 37 heavy (non-hydrogen) atoms. The minimum Gasteiger partial charge on any atom is -0.379 e. The summed E-state index contributed by atoms with van der Waals surface area (Å²) >= 11 is 0. The zero-order valence-electron chi connectivity index (χ0n) is 21.1. The van der Waals surface area contributed by atoms with Crippen LogP contribution in [0, 0.1) is 0 Å². The molecule has 0 spiro atoms. The fourth-order valence-corrected chi connectivity index (χ4v) is 5.58. The fraction of sp³-hybridized carbons (Fsp3) is 0.615. The van der Waals surface area contributed by atoms with Crippen LogP contribution in [-0.4, -0.2) is 102 Å². The van der Waals surface area contributed by atoms with Gasteiger partial charge in [-0.1, -0.05) is 6.07 Å². The van der Waals surface area contributed by atoms with Gasteiger partial charge in [-0.25, -0.2) is 0 Å². The smallest absolute Gasteiger partial charge is 0.255 e. The second-order valence-electron chi connectivity index (χ2n) is 10.4. The van der Waals surface area contributed by atoms with Gasteiger partial charge < -0.3 is 25.6 Å². The number of benzene rings is 1. The van der Waals surface area contributed by atoms with E-state index in [-0.39, 0.29) is 36.7 Å². The van der Waals surface area contributed by atoms with Gasteiger partial charge in [-0.2, -0.15) is 0 Å². The van der Waals surface area contributed by atoms with Crippen LogP contribution in [-0.2, 0) is 25.7 Å². The predicted octanol–water partition coefficient (Wildman–Crippen LogP) is -0.0999. The lowest BCUT2D eigenvalue weighted by atomic mass is 10.0. The van der Waals surface area contributed by atoms with Crippen LogP contribution in [0.1, 0.15) is 48.0 Å². The second kappa shape index (κ2) is 11.3. The predicted molar refractivity (Wildman–Crippen MR) is 136 cm³/mol. The molecular weight excluding hydrogens is 476 g/mol. The topological polar surface area (TPSA) is 137 Å². The summed E-state index contributed by atoms with van der Waals surface area (Å²) in [7, 11) is 0. The summed E-state index contributed by atoms with van der Waals surface area (Å²) in [6.45, 7) is 5.98. The normalized spacial score (nSPS) is 25.1. The standard InChI is InChI=1S/C26H36N6O5/c27-17-6-9-30(10-7-17)12-14-37-15-13-31-11-8-21(31)24(34)28-20-3-1-2-18-19(20)16-32(26(18)36)22-4-5-23(33)29-25(22)35/h1-3,17,21-22H,4-16,27H2,(H,28,34)(H,29,33,35). The molecule has 0 radical (unpaired) electrons. The number of ether oxygens (including phenoxy) is 1. The number of hydrogen-bond acceptors (Lipinski definition) is 8. The highest BCUT2D eigenvalue weighted by Gasteiger charge is 2.40. The van der Waals surface area contributed by atoms with Crippen molar-refractivity contribution in [1.29, 1.82) is 0 Å². The van der Waals surface area contributed by atoms with Gasteiger partial charge in [0, 0.05) is 55.5 Å². The Bertz CT molecular complexity index is 1060. The molecule has 2 unspecified atom stereocenters. The van der Waals surface area contributed by atoms with E-state index in [1.807, 2.05) is 0 Å². The minimum atomic E-state index is -0.684. The van der Waals surface area contributed by atoms with Crippen molar-refractivity contribution < 1.29 is 23.9 Å². The number of amides is 4. The van der Waals surface area contributed by atoms with E-state index in [0.29, 0.717) is 49.0 Å². The summed E-state index contributed by atoms with van der Waals surface area (Å²) in [5, 5.41) is 5.33. The molecule has 0 aliphatic carbocycles. The highest BCUT2D eigenvalue weighted by atomic mass is 16.5. The van der Waals surface area contributed by atoms with Crippen molar-refractivity contribution in [3.05, 3.63) is 29.3 Å². The quantitative estimate of drug-likeness (QED) is 0.308. The summed E-state index contributed by atoms with van der Waals surface area (Å²) in [4.78, 5) is 55.9. The molecule has 2 atom stereocenters. The van der Waals surface area contributed by atoms with Crippen LogP contribution >= 0.6 is 0 Å².